The van der Waals surface area contributed by atoms with Crippen LogP contribution in [0.25, 0.3) is 11.4 Å². The standard InChI is InChI=1S/C13H15ClN4/c1-18-12(8-15-9-6-7-9)16-17-13(18)10-4-2-3-5-11(10)14/h2-5,9,15H,6-8H2,1H3. The van der Waals surface area contributed by atoms with Gasteiger partial charge < -0.3 is 9.88 Å². The summed E-state index contributed by atoms with van der Waals surface area (Å²) in [4.78, 5) is 0. The van der Waals surface area contributed by atoms with Crippen molar-refractivity contribution < 1.29 is 0 Å². The Kier molecular flexibility index (Phi) is 3.06. The third-order valence-corrected chi connectivity index (χ3v) is 3.54. The van der Waals surface area contributed by atoms with Gasteiger partial charge in [0.25, 0.3) is 0 Å². The second kappa shape index (κ2) is 4.71. The van der Waals surface area contributed by atoms with Crippen molar-refractivity contribution in [3.8, 4) is 11.4 Å². The Labute approximate surface area is 111 Å². The average Bonchev–Trinajstić information content (AvgIpc) is 3.13. The Morgan fingerprint density at radius 3 is 2.83 bits per heavy atom. The lowest BCUT2D eigenvalue weighted by Crippen LogP contribution is -2.18. The Morgan fingerprint density at radius 2 is 2.11 bits per heavy atom. The highest BCUT2D eigenvalue weighted by molar-refractivity contribution is 6.33. The molecule has 0 spiro atoms. The molecule has 4 nitrogen and oxygen atoms in total. The molecule has 0 amide bonds. The van der Waals surface area contributed by atoms with Crippen molar-refractivity contribution in [3.63, 3.8) is 0 Å². The molecule has 5 heteroatoms. The van der Waals surface area contributed by atoms with E-state index < -0.39 is 0 Å². The Hall–Kier alpha value is -1.39. The predicted molar refractivity (Wildman–Crippen MR) is 71.3 cm³/mol. The monoisotopic (exact) mass is 262 g/mol. The van der Waals surface area contributed by atoms with E-state index in [-0.39, 0.29) is 0 Å². The number of nitrogens with one attached hydrogen (secondary N) is 1. The maximum Gasteiger partial charge on any atom is 0.165 e. The summed E-state index contributed by atoms with van der Waals surface area (Å²) in [5.41, 5.74) is 0.923. The number of halogens is 1. The summed E-state index contributed by atoms with van der Waals surface area (Å²) in [7, 11) is 1.97. The number of benzene rings is 1. The van der Waals surface area contributed by atoms with Gasteiger partial charge in [0.1, 0.15) is 5.82 Å². The molecular weight excluding hydrogens is 248 g/mol. The molecule has 0 unspecified atom stereocenters. The maximum atomic E-state index is 6.18. The van der Waals surface area contributed by atoms with Crippen LogP contribution in [0, 0.1) is 0 Å². The normalized spacial score (nSPS) is 15.0. The third-order valence-electron chi connectivity index (χ3n) is 3.21. The SMILES string of the molecule is Cn1c(CNC2CC2)nnc1-c1ccccc1Cl. The molecule has 3 rings (SSSR count). The van der Waals surface area contributed by atoms with Crippen LogP contribution in [0.3, 0.4) is 0 Å². The zero-order chi connectivity index (χ0) is 12.5. The molecule has 1 aliphatic carbocycles. The second-order valence-electron chi connectivity index (χ2n) is 4.63. The van der Waals surface area contributed by atoms with Crippen molar-refractivity contribution in [2.75, 3.05) is 0 Å². The minimum absolute atomic E-state index is 0.672. The van der Waals surface area contributed by atoms with Crippen LogP contribution >= 0.6 is 11.6 Å². The van der Waals surface area contributed by atoms with Gasteiger partial charge in [0.2, 0.25) is 0 Å². The molecule has 1 aromatic heterocycles. The summed E-state index contributed by atoms with van der Waals surface area (Å²) >= 11 is 6.18. The van der Waals surface area contributed by atoms with Crippen LogP contribution in [0.1, 0.15) is 18.7 Å². The van der Waals surface area contributed by atoms with E-state index in [1.165, 1.54) is 12.8 Å². The fraction of sp³-hybridized carbons (Fsp3) is 0.385. The number of hydrogen-bond acceptors (Lipinski definition) is 3. The summed E-state index contributed by atoms with van der Waals surface area (Å²) < 4.78 is 2.00. The van der Waals surface area contributed by atoms with E-state index in [9.17, 15) is 0 Å². The number of nitrogens with zero attached hydrogens (tertiary/aromatic N) is 3. The topological polar surface area (TPSA) is 42.7 Å². The maximum absolute atomic E-state index is 6.18. The smallest absolute Gasteiger partial charge is 0.165 e. The predicted octanol–water partition coefficient (Wildman–Crippen LogP) is 2.39. The van der Waals surface area contributed by atoms with Gasteiger partial charge in [-0.3, -0.25) is 0 Å². The number of hydrogen-bond donors (Lipinski definition) is 1. The van der Waals surface area contributed by atoms with E-state index in [4.69, 9.17) is 11.6 Å². The highest BCUT2D eigenvalue weighted by Gasteiger charge is 2.21. The molecule has 1 N–H and O–H groups in total. The van der Waals surface area contributed by atoms with Gasteiger partial charge in [0.05, 0.1) is 11.6 Å². The lowest BCUT2D eigenvalue weighted by atomic mass is 10.2. The molecule has 1 aromatic carbocycles. The lowest BCUT2D eigenvalue weighted by Gasteiger charge is -2.06. The fourth-order valence-electron chi connectivity index (χ4n) is 1.92. The number of aromatic nitrogens is 3. The van der Waals surface area contributed by atoms with E-state index in [1.54, 1.807) is 0 Å². The molecule has 0 atom stereocenters. The molecule has 2 aromatic rings. The molecule has 0 aliphatic heterocycles. The highest BCUT2D eigenvalue weighted by Crippen LogP contribution is 2.26. The molecular formula is C13H15ClN4. The first-order valence-electron chi connectivity index (χ1n) is 6.12. The molecule has 18 heavy (non-hydrogen) atoms. The quantitative estimate of drug-likeness (QED) is 0.920. The van der Waals surface area contributed by atoms with Crippen LogP contribution in [0.15, 0.2) is 24.3 Å². The zero-order valence-electron chi connectivity index (χ0n) is 10.2. The molecule has 94 valence electrons. The van der Waals surface area contributed by atoms with Crippen LogP contribution < -0.4 is 5.32 Å². The molecule has 1 aliphatic rings. The average molecular weight is 263 g/mol. The van der Waals surface area contributed by atoms with Gasteiger partial charge in [-0.05, 0) is 25.0 Å². The Balaban J connectivity index is 1.86. The van der Waals surface area contributed by atoms with Crippen molar-refractivity contribution in [1.82, 2.24) is 20.1 Å². The van der Waals surface area contributed by atoms with Gasteiger partial charge in [-0.2, -0.15) is 0 Å². The summed E-state index contributed by atoms with van der Waals surface area (Å²) in [6.45, 7) is 0.763. The van der Waals surface area contributed by atoms with E-state index in [1.807, 2.05) is 35.9 Å². The van der Waals surface area contributed by atoms with Crippen molar-refractivity contribution in [2.45, 2.75) is 25.4 Å². The molecule has 0 radical (unpaired) electrons. The largest absolute Gasteiger partial charge is 0.313 e. The Bertz CT molecular complexity index is 560. The van der Waals surface area contributed by atoms with Gasteiger partial charge in [-0.15, -0.1) is 10.2 Å². The lowest BCUT2D eigenvalue weighted by molar-refractivity contribution is 0.634. The van der Waals surface area contributed by atoms with Crippen LogP contribution in [0.2, 0.25) is 5.02 Å². The van der Waals surface area contributed by atoms with Crippen LogP contribution in [-0.4, -0.2) is 20.8 Å². The third kappa shape index (κ3) is 2.26. The van der Waals surface area contributed by atoms with Gasteiger partial charge >= 0.3 is 0 Å². The molecule has 1 fully saturated rings. The van der Waals surface area contributed by atoms with Crippen LogP contribution in [0.4, 0.5) is 0 Å². The van der Waals surface area contributed by atoms with Gasteiger partial charge in [0, 0.05) is 18.7 Å². The number of rotatable bonds is 4. The minimum Gasteiger partial charge on any atom is -0.313 e. The molecule has 1 saturated carbocycles. The van der Waals surface area contributed by atoms with E-state index >= 15 is 0 Å². The Morgan fingerprint density at radius 1 is 1.33 bits per heavy atom. The van der Waals surface area contributed by atoms with Gasteiger partial charge in [-0.25, -0.2) is 0 Å². The summed E-state index contributed by atoms with van der Waals surface area (Å²) in [6.07, 6.45) is 2.55. The van der Waals surface area contributed by atoms with Crippen molar-refractivity contribution in [1.29, 1.82) is 0 Å². The first-order chi connectivity index (χ1) is 8.75. The fourth-order valence-corrected chi connectivity index (χ4v) is 2.14. The first kappa shape index (κ1) is 11.7. The first-order valence-corrected chi connectivity index (χ1v) is 6.50. The summed E-state index contributed by atoms with van der Waals surface area (Å²) in [6, 6.07) is 8.37. The van der Waals surface area contributed by atoms with Crippen molar-refractivity contribution >= 4 is 11.6 Å². The zero-order valence-corrected chi connectivity index (χ0v) is 11.0. The van der Waals surface area contributed by atoms with E-state index in [0.717, 1.165) is 23.8 Å². The van der Waals surface area contributed by atoms with E-state index in [2.05, 4.69) is 15.5 Å². The summed E-state index contributed by atoms with van der Waals surface area (Å²) in [5.74, 6) is 1.75. The van der Waals surface area contributed by atoms with Gasteiger partial charge in [-0.1, -0.05) is 23.7 Å². The summed E-state index contributed by atoms with van der Waals surface area (Å²) in [5, 5.41) is 12.6. The van der Waals surface area contributed by atoms with Crippen LogP contribution in [-0.2, 0) is 13.6 Å². The molecule has 0 bridgehead atoms. The van der Waals surface area contributed by atoms with Crippen molar-refractivity contribution in [3.05, 3.63) is 35.1 Å². The minimum atomic E-state index is 0.672. The highest BCUT2D eigenvalue weighted by atomic mass is 35.5. The molecule has 0 saturated heterocycles. The van der Waals surface area contributed by atoms with E-state index in [0.29, 0.717) is 11.1 Å². The van der Waals surface area contributed by atoms with Crippen molar-refractivity contribution in [2.24, 2.45) is 7.05 Å². The molecule has 1 heterocycles. The van der Waals surface area contributed by atoms with Gasteiger partial charge in [0.15, 0.2) is 5.82 Å². The second-order valence-corrected chi connectivity index (χ2v) is 5.04. The van der Waals surface area contributed by atoms with Crippen LogP contribution in [0.5, 0.6) is 0 Å².